The van der Waals surface area contributed by atoms with Crippen LogP contribution in [0.3, 0.4) is 0 Å². The van der Waals surface area contributed by atoms with E-state index in [1.54, 1.807) is 6.20 Å². The summed E-state index contributed by atoms with van der Waals surface area (Å²) in [6.45, 7) is 1.99. The van der Waals surface area contributed by atoms with Gasteiger partial charge in [-0.3, -0.25) is 5.41 Å². The Bertz CT molecular complexity index is 343. The molecule has 1 aromatic heterocycles. The van der Waals surface area contributed by atoms with E-state index >= 15 is 0 Å². The maximum Gasteiger partial charge on any atom is 0.142 e. The molecule has 74 valence electrons. The van der Waals surface area contributed by atoms with Crippen molar-refractivity contribution in [3.05, 3.63) is 18.1 Å². The van der Waals surface area contributed by atoms with Gasteiger partial charge in [0.05, 0.1) is 5.56 Å². The molecule has 3 N–H and O–H groups in total. The van der Waals surface area contributed by atoms with Gasteiger partial charge < -0.3 is 10.6 Å². The Morgan fingerprint density at radius 3 is 2.79 bits per heavy atom. The Kier molecular flexibility index (Phi) is 2.30. The van der Waals surface area contributed by atoms with Crippen molar-refractivity contribution >= 4 is 11.7 Å². The first-order valence-electron chi connectivity index (χ1n) is 4.68. The average molecular weight is 191 g/mol. The second-order valence-corrected chi connectivity index (χ2v) is 3.37. The van der Waals surface area contributed by atoms with Crippen LogP contribution in [-0.4, -0.2) is 28.9 Å². The van der Waals surface area contributed by atoms with Gasteiger partial charge in [-0.15, -0.1) is 0 Å². The largest absolute Gasteiger partial charge is 0.384 e. The Morgan fingerprint density at radius 2 is 2.14 bits per heavy atom. The molecule has 1 saturated heterocycles. The van der Waals surface area contributed by atoms with Crippen molar-refractivity contribution < 1.29 is 0 Å². The third kappa shape index (κ3) is 1.53. The van der Waals surface area contributed by atoms with Crippen molar-refractivity contribution in [1.82, 2.24) is 9.97 Å². The highest BCUT2D eigenvalue weighted by molar-refractivity contribution is 5.99. The summed E-state index contributed by atoms with van der Waals surface area (Å²) >= 11 is 0. The SMILES string of the molecule is N=C(N)c1cncnc1N1CCCC1. The van der Waals surface area contributed by atoms with Gasteiger partial charge in [0, 0.05) is 19.3 Å². The summed E-state index contributed by atoms with van der Waals surface area (Å²) in [6.07, 6.45) is 5.46. The maximum absolute atomic E-state index is 7.41. The van der Waals surface area contributed by atoms with E-state index in [0.29, 0.717) is 5.56 Å². The van der Waals surface area contributed by atoms with E-state index in [1.807, 2.05) is 0 Å². The highest BCUT2D eigenvalue weighted by Gasteiger charge is 2.17. The molecule has 5 nitrogen and oxygen atoms in total. The molecule has 1 fully saturated rings. The third-order valence-electron chi connectivity index (χ3n) is 2.39. The van der Waals surface area contributed by atoms with Crippen LogP contribution >= 0.6 is 0 Å². The molecule has 2 rings (SSSR count). The zero-order valence-electron chi connectivity index (χ0n) is 7.90. The summed E-state index contributed by atoms with van der Waals surface area (Å²) in [6, 6.07) is 0. The molecule has 0 bridgehead atoms. The van der Waals surface area contributed by atoms with Crippen LogP contribution < -0.4 is 10.6 Å². The summed E-state index contributed by atoms with van der Waals surface area (Å²) in [5.74, 6) is 0.831. The molecule has 1 aliphatic rings. The normalized spacial score (nSPS) is 15.9. The second kappa shape index (κ2) is 3.61. The van der Waals surface area contributed by atoms with Gasteiger partial charge >= 0.3 is 0 Å². The van der Waals surface area contributed by atoms with Crippen LogP contribution in [0, 0.1) is 5.41 Å². The van der Waals surface area contributed by atoms with Gasteiger partial charge in [0.15, 0.2) is 0 Å². The van der Waals surface area contributed by atoms with Crippen molar-refractivity contribution in [3.63, 3.8) is 0 Å². The number of hydrogen-bond donors (Lipinski definition) is 2. The van der Waals surface area contributed by atoms with Crippen LogP contribution in [0.1, 0.15) is 18.4 Å². The summed E-state index contributed by atoms with van der Waals surface area (Å²) in [5.41, 5.74) is 6.09. The van der Waals surface area contributed by atoms with E-state index in [4.69, 9.17) is 11.1 Å². The van der Waals surface area contributed by atoms with Gasteiger partial charge in [0.25, 0.3) is 0 Å². The summed E-state index contributed by atoms with van der Waals surface area (Å²) < 4.78 is 0. The molecule has 0 unspecified atom stereocenters. The molecule has 0 spiro atoms. The number of nitrogen functional groups attached to an aromatic ring is 1. The van der Waals surface area contributed by atoms with E-state index in [-0.39, 0.29) is 5.84 Å². The minimum Gasteiger partial charge on any atom is -0.384 e. The van der Waals surface area contributed by atoms with Crippen LogP contribution in [0.4, 0.5) is 5.82 Å². The number of aromatic nitrogens is 2. The monoisotopic (exact) mass is 191 g/mol. The summed E-state index contributed by atoms with van der Waals surface area (Å²) in [5, 5.41) is 7.41. The number of amidine groups is 1. The Labute approximate surface area is 82.5 Å². The Hall–Kier alpha value is -1.65. The molecule has 0 aliphatic carbocycles. The van der Waals surface area contributed by atoms with Crippen LogP contribution in [0.15, 0.2) is 12.5 Å². The molecule has 2 heterocycles. The first-order valence-corrected chi connectivity index (χ1v) is 4.68. The van der Waals surface area contributed by atoms with Crippen molar-refractivity contribution in [2.24, 2.45) is 5.73 Å². The molecule has 1 aliphatic heterocycles. The van der Waals surface area contributed by atoms with Gasteiger partial charge in [-0.1, -0.05) is 0 Å². The number of nitrogens with one attached hydrogen (secondary N) is 1. The number of anilines is 1. The van der Waals surface area contributed by atoms with Gasteiger partial charge in [0.1, 0.15) is 18.0 Å². The predicted molar refractivity (Wildman–Crippen MR) is 54.5 cm³/mol. The zero-order valence-corrected chi connectivity index (χ0v) is 7.90. The smallest absolute Gasteiger partial charge is 0.142 e. The highest BCUT2D eigenvalue weighted by atomic mass is 15.2. The molecule has 0 radical (unpaired) electrons. The maximum atomic E-state index is 7.41. The first kappa shape index (κ1) is 8.93. The summed E-state index contributed by atoms with van der Waals surface area (Å²) in [4.78, 5) is 10.2. The minimum atomic E-state index is 0.0347. The number of nitrogens with two attached hydrogens (primary N) is 1. The van der Waals surface area contributed by atoms with E-state index in [1.165, 1.54) is 19.2 Å². The molecular weight excluding hydrogens is 178 g/mol. The minimum absolute atomic E-state index is 0.0347. The molecular formula is C9H13N5. The van der Waals surface area contributed by atoms with E-state index in [0.717, 1.165) is 18.9 Å². The summed E-state index contributed by atoms with van der Waals surface area (Å²) in [7, 11) is 0. The van der Waals surface area contributed by atoms with Gasteiger partial charge in [-0.25, -0.2) is 9.97 Å². The fourth-order valence-corrected chi connectivity index (χ4v) is 1.69. The van der Waals surface area contributed by atoms with Crippen LogP contribution in [-0.2, 0) is 0 Å². The predicted octanol–water partition coefficient (Wildman–Crippen LogP) is 0.361. The molecule has 14 heavy (non-hydrogen) atoms. The molecule has 5 heteroatoms. The van der Waals surface area contributed by atoms with E-state index < -0.39 is 0 Å². The van der Waals surface area contributed by atoms with E-state index in [2.05, 4.69) is 14.9 Å². The molecule has 1 aromatic rings. The molecule has 0 amide bonds. The number of rotatable bonds is 2. The second-order valence-electron chi connectivity index (χ2n) is 3.37. The molecule has 0 atom stereocenters. The van der Waals surface area contributed by atoms with Gasteiger partial charge in [-0.2, -0.15) is 0 Å². The van der Waals surface area contributed by atoms with Crippen LogP contribution in [0.2, 0.25) is 0 Å². The lowest BCUT2D eigenvalue weighted by atomic mass is 10.2. The molecule has 0 saturated carbocycles. The fourth-order valence-electron chi connectivity index (χ4n) is 1.69. The third-order valence-corrected chi connectivity index (χ3v) is 2.39. The first-order chi connectivity index (χ1) is 6.79. The fraction of sp³-hybridized carbons (Fsp3) is 0.444. The van der Waals surface area contributed by atoms with Gasteiger partial charge in [0.2, 0.25) is 0 Å². The van der Waals surface area contributed by atoms with Crippen molar-refractivity contribution in [3.8, 4) is 0 Å². The van der Waals surface area contributed by atoms with Crippen molar-refractivity contribution in [1.29, 1.82) is 5.41 Å². The molecule has 0 aromatic carbocycles. The van der Waals surface area contributed by atoms with Crippen LogP contribution in [0.5, 0.6) is 0 Å². The van der Waals surface area contributed by atoms with Gasteiger partial charge in [-0.05, 0) is 12.8 Å². The average Bonchev–Trinajstić information content (AvgIpc) is 2.70. The topological polar surface area (TPSA) is 78.9 Å². The van der Waals surface area contributed by atoms with Crippen molar-refractivity contribution in [2.75, 3.05) is 18.0 Å². The Morgan fingerprint density at radius 1 is 1.43 bits per heavy atom. The lowest BCUT2D eigenvalue weighted by Gasteiger charge is -2.18. The lowest BCUT2D eigenvalue weighted by molar-refractivity contribution is 0.923. The zero-order chi connectivity index (χ0) is 9.97. The lowest BCUT2D eigenvalue weighted by Crippen LogP contribution is -2.24. The van der Waals surface area contributed by atoms with Crippen LogP contribution in [0.25, 0.3) is 0 Å². The number of nitrogens with zero attached hydrogens (tertiary/aromatic N) is 3. The van der Waals surface area contributed by atoms with Crippen molar-refractivity contribution in [2.45, 2.75) is 12.8 Å². The Balaban J connectivity index is 2.35. The highest BCUT2D eigenvalue weighted by Crippen LogP contribution is 2.20. The van der Waals surface area contributed by atoms with E-state index in [9.17, 15) is 0 Å². The standard InChI is InChI=1S/C9H13N5/c10-8(11)7-5-12-6-13-9(7)14-3-1-2-4-14/h5-6H,1-4H2,(H3,10,11). The quantitative estimate of drug-likeness (QED) is 0.522. The number of hydrogen-bond acceptors (Lipinski definition) is 4.